The molecule has 2 atom stereocenters. The number of nitrogens with one attached hydrogen (secondary N) is 1. The zero-order valence-electron chi connectivity index (χ0n) is 10.1. The normalized spacial score (nSPS) is 14.7. The summed E-state index contributed by atoms with van der Waals surface area (Å²) in [6.45, 7) is 2.00. The number of methoxy groups -OCH3 is 1. The van der Waals surface area contributed by atoms with Gasteiger partial charge in [-0.1, -0.05) is 24.6 Å². The highest BCUT2D eigenvalue weighted by Crippen LogP contribution is 2.32. The van der Waals surface area contributed by atoms with Crippen LogP contribution in [0.15, 0.2) is 16.6 Å². The predicted octanol–water partition coefficient (Wildman–Crippen LogP) is 3.93. The van der Waals surface area contributed by atoms with Crippen LogP contribution in [0.2, 0.25) is 5.02 Å². The van der Waals surface area contributed by atoms with Crippen LogP contribution >= 0.6 is 27.5 Å². The molecule has 0 aliphatic rings. The van der Waals surface area contributed by atoms with Gasteiger partial charge in [-0.15, -0.1) is 0 Å². The first kappa shape index (κ1) is 14.9. The standard InChI is InChI=1S/C12H16BrClFNO/c1-4-9(17-3)12(16-2)7-5-6-8(13)10(14)11(7)15/h5-6,9,12,16H,4H2,1-3H3. The van der Waals surface area contributed by atoms with Crippen LogP contribution in [0.3, 0.4) is 0 Å². The first-order valence-electron chi connectivity index (χ1n) is 5.40. The highest BCUT2D eigenvalue weighted by atomic mass is 79.9. The predicted molar refractivity (Wildman–Crippen MR) is 72.0 cm³/mol. The van der Waals surface area contributed by atoms with E-state index >= 15 is 0 Å². The molecule has 0 aliphatic heterocycles. The topological polar surface area (TPSA) is 21.3 Å². The fourth-order valence-electron chi connectivity index (χ4n) is 1.86. The zero-order chi connectivity index (χ0) is 13.0. The molecular formula is C12H16BrClFNO. The molecule has 0 radical (unpaired) electrons. The van der Waals surface area contributed by atoms with E-state index < -0.39 is 5.82 Å². The van der Waals surface area contributed by atoms with Crippen molar-refractivity contribution in [1.29, 1.82) is 0 Å². The van der Waals surface area contributed by atoms with Gasteiger partial charge < -0.3 is 10.1 Å². The van der Waals surface area contributed by atoms with Crippen LogP contribution in [-0.4, -0.2) is 20.3 Å². The summed E-state index contributed by atoms with van der Waals surface area (Å²) in [5, 5.41) is 3.17. The number of rotatable bonds is 5. The average molecular weight is 325 g/mol. The zero-order valence-corrected chi connectivity index (χ0v) is 12.4. The van der Waals surface area contributed by atoms with Crippen molar-refractivity contribution in [3.8, 4) is 0 Å². The third-order valence-corrected chi connectivity index (χ3v) is 4.05. The van der Waals surface area contributed by atoms with E-state index in [0.29, 0.717) is 10.0 Å². The van der Waals surface area contributed by atoms with Gasteiger partial charge in [0.05, 0.1) is 17.2 Å². The number of hydrogen-bond acceptors (Lipinski definition) is 2. The Bertz CT molecular complexity index is 385. The van der Waals surface area contributed by atoms with E-state index in [0.717, 1.165) is 6.42 Å². The Morgan fingerprint density at radius 2 is 2.18 bits per heavy atom. The molecular weight excluding hydrogens is 308 g/mol. The first-order chi connectivity index (χ1) is 8.06. The van der Waals surface area contributed by atoms with Crippen LogP contribution in [0, 0.1) is 5.82 Å². The van der Waals surface area contributed by atoms with Gasteiger partial charge in [0, 0.05) is 17.1 Å². The molecule has 0 aromatic heterocycles. The lowest BCUT2D eigenvalue weighted by Crippen LogP contribution is -2.31. The van der Waals surface area contributed by atoms with Crippen molar-refractivity contribution in [3.63, 3.8) is 0 Å². The molecule has 0 saturated heterocycles. The van der Waals surface area contributed by atoms with Gasteiger partial charge in [-0.05, 0) is 35.5 Å². The van der Waals surface area contributed by atoms with Crippen LogP contribution in [-0.2, 0) is 4.74 Å². The largest absolute Gasteiger partial charge is 0.379 e. The number of halogens is 3. The quantitative estimate of drug-likeness (QED) is 0.829. The molecule has 0 spiro atoms. The molecule has 17 heavy (non-hydrogen) atoms. The summed E-state index contributed by atoms with van der Waals surface area (Å²) < 4.78 is 20.0. The summed E-state index contributed by atoms with van der Waals surface area (Å²) in [4.78, 5) is 0. The van der Waals surface area contributed by atoms with Gasteiger partial charge in [-0.25, -0.2) is 4.39 Å². The van der Waals surface area contributed by atoms with Crippen LogP contribution in [0.4, 0.5) is 4.39 Å². The second kappa shape index (κ2) is 6.69. The van der Waals surface area contributed by atoms with Crippen molar-refractivity contribution in [3.05, 3.63) is 33.0 Å². The molecule has 1 N–H and O–H groups in total. The molecule has 1 rings (SSSR count). The first-order valence-corrected chi connectivity index (χ1v) is 6.57. The van der Waals surface area contributed by atoms with E-state index in [1.54, 1.807) is 26.3 Å². The Morgan fingerprint density at radius 1 is 1.53 bits per heavy atom. The fourth-order valence-corrected chi connectivity index (χ4v) is 2.34. The fraction of sp³-hybridized carbons (Fsp3) is 0.500. The molecule has 0 amide bonds. The maximum Gasteiger partial charge on any atom is 0.147 e. The van der Waals surface area contributed by atoms with Gasteiger partial charge in [-0.3, -0.25) is 0 Å². The van der Waals surface area contributed by atoms with Gasteiger partial charge in [0.25, 0.3) is 0 Å². The Labute approximate surface area is 115 Å². The lowest BCUT2D eigenvalue weighted by molar-refractivity contribution is 0.0664. The summed E-state index contributed by atoms with van der Waals surface area (Å²) >= 11 is 9.08. The van der Waals surface area contributed by atoms with Crippen molar-refractivity contribution in [2.24, 2.45) is 0 Å². The number of ether oxygens (including phenoxy) is 1. The Kier molecular flexibility index (Phi) is 5.86. The minimum atomic E-state index is -0.407. The summed E-state index contributed by atoms with van der Waals surface area (Å²) in [6, 6.07) is 3.25. The van der Waals surface area contributed by atoms with E-state index in [1.807, 2.05) is 6.92 Å². The van der Waals surface area contributed by atoms with Crippen LogP contribution in [0.1, 0.15) is 24.9 Å². The molecule has 1 aromatic rings. The maximum absolute atomic E-state index is 14.1. The molecule has 1 aromatic carbocycles. The van der Waals surface area contributed by atoms with Gasteiger partial charge in [0.15, 0.2) is 0 Å². The van der Waals surface area contributed by atoms with Crippen molar-refractivity contribution in [2.75, 3.05) is 14.2 Å². The lowest BCUT2D eigenvalue weighted by atomic mass is 9.99. The lowest BCUT2D eigenvalue weighted by Gasteiger charge is -2.25. The van der Waals surface area contributed by atoms with Gasteiger partial charge in [0.2, 0.25) is 0 Å². The van der Waals surface area contributed by atoms with Crippen molar-refractivity contribution in [1.82, 2.24) is 5.32 Å². The van der Waals surface area contributed by atoms with Crippen molar-refractivity contribution >= 4 is 27.5 Å². The van der Waals surface area contributed by atoms with Crippen LogP contribution < -0.4 is 5.32 Å². The molecule has 2 nitrogen and oxygen atoms in total. The molecule has 0 saturated carbocycles. The molecule has 0 aliphatic carbocycles. The summed E-state index contributed by atoms with van der Waals surface area (Å²) in [5.41, 5.74) is 0.523. The van der Waals surface area contributed by atoms with Crippen molar-refractivity contribution in [2.45, 2.75) is 25.5 Å². The van der Waals surface area contributed by atoms with E-state index in [9.17, 15) is 4.39 Å². The Hall–Kier alpha value is -0.160. The minimum absolute atomic E-state index is 0.0910. The molecule has 5 heteroatoms. The summed E-state index contributed by atoms with van der Waals surface area (Å²) in [5.74, 6) is -0.407. The highest BCUT2D eigenvalue weighted by molar-refractivity contribution is 9.10. The third-order valence-electron chi connectivity index (χ3n) is 2.79. The second-order valence-corrected chi connectivity index (χ2v) is 4.95. The summed E-state index contributed by atoms with van der Waals surface area (Å²) in [7, 11) is 3.40. The minimum Gasteiger partial charge on any atom is -0.379 e. The van der Waals surface area contributed by atoms with Gasteiger partial charge >= 0.3 is 0 Å². The summed E-state index contributed by atoms with van der Waals surface area (Å²) in [6.07, 6.45) is 0.696. The molecule has 96 valence electrons. The van der Waals surface area contributed by atoms with Gasteiger partial charge in [0.1, 0.15) is 5.82 Å². The molecule has 2 unspecified atom stereocenters. The molecule has 0 heterocycles. The SMILES string of the molecule is CCC(OC)C(NC)c1ccc(Br)c(Cl)c1F. The number of hydrogen-bond donors (Lipinski definition) is 1. The highest BCUT2D eigenvalue weighted by Gasteiger charge is 2.24. The van der Waals surface area contributed by atoms with Crippen LogP contribution in [0.25, 0.3) is 0 Å². The molecule has 0 fully saturated rings. The van der Waals surface area contributed by atoms with E-state index in [1.165, 1.54) is 0 Å². The smallest absolute Gasteiger partial charge is 0.147 e. The number of likely N-dealkylation sites (N-methyl/N-ethyl adjacent to an activating group) is 1. The maximum atomic E-state index is 14.1. The molecule has 0 bridgehead atoms. The Morgan fingerprint density at radius 3 is 2.65 bits per heavy atom. The Balaban J connectivity index is 3.16. The van der Waals surface area contributed by atoms with E-state index in [4.69, 9.17) is 16.3 Å². The third kappa shape index (κ3) is 3.19. The van der Waals surface area contributed by atoms with E-state index in [2.05, 4.69) is 21.2 Å². The average Bonchev–Trinajstić information content (AvgIpc) is 2.34. The number of benzene rings is 1. The van der Waals surface area contributed by atoms with E-state index in [-0.39, 0.29) is 17.2 Å². The van der Waals surface area contributed by atoms with Gasteiger partial charge in [-0.2, -0.15) is 0 Å². The second-order valence-electron chi connectivity index (χ2n) is 3.71. The van der Waals surface area contributed by atoms with Crippen LogP contribution in [0.5, 0.6) is 0 Å². The monoisotopic (exact) mass is 323 g/mol. The van der Waals surface area contributed by atoms with Crippen molar-refractivity contribution < 1.29 is 9.13 Å².